The van der Waals surface area contributed by atoms with Gasteiger partial charge in [-0.15, -0.1) is 0 Å². The monoisotopic (exact) mass is 345 g/mol. The number of rotatable bonds is 6. The van der Waals surface area contributed by atoms with Crippen LogP contribution in [0.15, 0.2) is 27.4 Å². The first-order chi connectivity index (χ1) is 12.0. The minimum atomic E-state index is -0.306. The van der Waals surface area contributed by atoms with E-state index < -0.39 is 0 Å². The summed E-state index contributed by atoms with van der Waals surface area (Å²) >= 11 is 0. The van der Waals surface area contributed by atoms with Crippen molar-refractivity contribution >= 4 is 16.7 Å². The summed E-state index contributed by atoms with van der Waals surface area (Å²) in [6, 6.07) is 6.11. The quantitative estimate of drug-likeness (QED) is 0.752. The highest BCUT2D eigenvalue weighted by Crippen LogP contribution is 2.33. The van der Waals surface area contributed by atoms with E-state index in [0.717, 1.165) is 42.4 Å². The van der Waals surface area contributed by atoms with Crippen LogP contribution in [0.2, 0.25) is 0 Å². The lowest BCUT2D eigenvalue weighted by Crippen LogP contribution is -2.30. The zero-order valence-electron chi connectivity index (χ0n) is 15.3. The van der Waals surface area contributed by atoms with Crippen LogP contribution >= 0.6 is 0 Å². The summed E-state index contributed by atoms with van der Waals surface area (Å²) in [5.41, 5.74) is 3.73. The first-order valence-electron chi connectivity index (χ1n) is 9.06. The minimum absolute atomic E-state index is 0.304. The van der Waals surface area contributed by atoms with Gasteiger partial charge < -0.3 is 14.2 Å². The summed E-state index contributed by atoms with van der Waals surface area (Å²) in [7, 11) is 4.09. The van der Waals surface area contributed by atoms with Crippen molar-refractivity contribution in [1.82, 2.24) is 4.90 Å². The molecule has 1 atom stereocenters. The molecule has 2 aromatic rings. The van der Waals surface area contributed by atoms with Gasteiger partial charge in [-0.2, -0.15) is 0 Å². The highest BCUT2D eigenvalue weighted by molar-refractivity contribution is 5.86. The third-order valence-corrected chi connectivity index (χ3v) is 5.20. The number of benzene rings is 1. The van der Waals surface area contributed by atoms with Crippen molar-refractivity contribution in [3.8, 4) is 0 Å². The van der Waals surface area contributed by atoms with Crippen molar-refractivity contribution in [2.24, 2.45) is 0 Å². The summed E-state index contributed by atoms with van der Waals surface area (Å²) in [6.07, 6.45) is 3.42. The van der Waals surface area contributed by atoms with E-state index in [4.69, 9.17) is 4.42 Å². The molecule has 1 aromatic carbocycles. The summed E-state index contributed by atoms with van der Waals surface area (Å²) in [6.45, 7) is 3.48. The molecule has 1 unspecified atom stereocenters. The van der Waals surface area contributed by atoms with Crippen LogP contribution in [0.4, 0.5) is 10.1 Å². The van der Waals surface area contributed by atoms with Crippen molar-refractivity contribution < 1.29 is 8.81 Å². The number of likely N-dealkylation sites (N-methyl/N-ethyl adjacent to an activating group) is 1. The molecule has 0 bridgehead atoms. The molecule has 0 amide bonds. The fraction of sp³-hybridized carbons (Fsp3) is 0.550. The lowest BCUT2D eigenvalue weighted by Gasteiger charge is -2.31. The number of nitrogens with zero attached hydrogens (tertiary/aromatic N) is 2. The van der Waals surface area contributed by atoms with Crippen molar-refractivity contribution in [2.75, 3.05) is 38.8 Å². The summed E-state index contributed by atoms with van der Waals surface area (Å²) < 4.78 is 18.1. The lowest BCUT2D eigenvalue weighted by atomic mass is 9.96. The summed E-state index contributed by atoms with van der Waals surface area (Å²) in [5.74, 6) is 0. The van der Waals surface area contributed by atoms with E-state index in [2.05, 4.69) is 22.8 Å². The maximum absolute atomic E-state index is 12.6. The fourth-order valence-electron chi connectivity index (χ4n) is 3.54. The molecule has 0 aliphatic carbocycles. The molecule has 25 heavy (non-hydrogen) atoms. The van der Waals surface area contributed by atoms with Gasteiger partial charge in [0.05, 0.1) is 6.67 Å². The van der Waals surface area contributed by atoms with Gasteiger partial charge in [-0.25, -0.2) is 4.79 Å². The number of anilines is 1. The van der Waals surface area contributed by atoms with Crippen LogP contribution in [0.25, 0.3) is 11.0 Å². The van der Waals surface area contributed by atoms with Crippen molar-refractivity contribution in [3.05, 3.63) is 39.7 Å². The van der Waals surface area contributed by atoms with Gasteiger partial charge in [-0.1, -0.05) is 0 Å². The van der Waals surface area contributed by atoms with E-state index in [1.165, 1.54) is 5.56 Å². The molecule has 1 aliphatic heterocycles. The van der Waals surface area contributed by atoms with Gasteiger partial charge in [-0.3, -0.25) is 4.39 Å². The number of aryl methyl sites for hydroxylation is 1. The third-order valence-electron chi connectivity index (χ3n) is 5.20. The molecule has 5 heteroatoms. The molecule has 0 saturated carbocycles. The zero-order chi connectivity index (χ0) is 18.0. The average Bonchev–Trinajstić information content (AvgIpc) is 2.58. The third kappa shape index (κ3) is 3.87. The molecule has 0 saturated heterocycles. The Morgan fingerprint density at radius 3 is 2.84 bits per heavy atom. The Labute approximate surface area is 148 Å². The molecule has 0 spiro atoms. The standard InChI is InChI=1S/C20H27FN2O2/c1-14(22(2)3)10-16-12-20(24)25-19-13-18-15(11-17(16)19)6-4-8-23(18)9-5-7-21/h11-14H,4-10H2,1-3H3/i21-1. The Balaban J connectivity index is 2.05. The molecule has 4 nitrogen and oxygen atoms in total. The number of fused-ring (bicyclic) bond motifs is 2. The molecule has 0 radical (unpaired) electrons. The van der Waals surface area contributed by atoms with Gasteiger partial charge in [0, 0.05) is 42.3 Å². The van der Waals surface area contributed by atoms with Crippen LogP contribution in [0.3, 0.4) is 0 Å². The van der Waals surface area contributed by atoms with Gasteiger partial charge in [0.1, 0.15) is 5.58 Å². The smallest absolute Gasteiger partial charge is 0.336 e. The first-order valence-corrected chi connectivity index (χ1v) is 9.06. The van der Waals surface area contributed by atoms with Crippen molar-refractivity contribution in [3.63, 3.8) is 0 Å². The van der Waals surface area contributed by atoms with Crippen LogP contribution in [0.5, 0.6) is 0 Å². The minimum Gasteiger partial charge on any atom is -0.423 e. The molecule has 1 aliphatic rings. The van der Waals surface area contributed by atoms with Crippen LogP contribution in [0, 0.1) is 0 Å². The van der Waals surface area contributed by atoms with Crippen LogP contribution in [0.1, 0.15) is 30.9 Å². The van der Waals surface area contributed by atoms with Crippen molar-refractivity contribution in [2.45, 2.75) is 38.6 Å². The Bertz CT molecular complexity index is 800. The van der Waals surface area contributed by atoms with Gasteiger partial charge >= 0.3 is 5.63 Å². The SMILES string of the molecule is CC(Cc1cc(=O)oc2cc3c(cc12)CCCN3CCC[18F])N(C)C. The molecule has 2 heterocycles. The van der Waals surface area contributed by atoms with E-state index in [9.17, 15) is 9.18 Å². The molecule has 1 aromatic heterocycles. The van der Waals surface area contributed by atoms with E-state index in [1.54, 1.807) is 6.07 Å². The topological polar surface area (TPSA) is 36.7 Å². The molecule has 0 N–H and O–H groups in total. The lowest BCUT2D eigenvalue weighted by molar-refractivity contribution is 0.312. The first kappa shape index (κ1) is 17.9. The number of hydrogen-bond donors (Lipinski definition) is 0. The highest BCUT2D eigenvalue weighted by Gasteiger charge is 2.20. The summed E-state index contributed by atoms with van der Waals surface area (Å²) in [4.78, 5) is 16.4. The van der Waals surface area contributed by atoms with Gasteiger partial charge in [-0.05, 0) is 63.9 Å². The average molecular weight is 345 g/mol. The van der Waals surface area contributed by atoms with E-state index in [-0.39, 0.29) is 12.3 Å². The second-order valence-corrected chi connectivity index (χ2v) is 7.22. The summed E-state index contributed by atoms with van der Waals surface area (Å²) in [5, 5.41) is 1.03. The Morgan fingerprint density at radius 2 is 2.12 bits per heavy atom. The predicted octanol–water partition coefficient (Wildman–Crippen LogP) is 3.40. The second-order valence-electron chi connectivity index (χ2n) is 7.22. The molecular weight excluding hydrogens is 318 g/mol. The maximum atomic E-state index is 12.6. The number of hydrogen-bond acceptors (Lipinski definition) is 4. The van der Waals surface area contributed by atoms with Crippen LogP contribution < -0.4 is 10.5 Å². The fourth-order valence-corrected chi connectivity index (χ4v) is 3.54. The van der Waals surface area contributed by atoms with E-state index in [0.29, 0.717) is 24.6 Å². The zero-order valence-corrected chi connectivity index (χ0v) is 15.3. The van der Waals surface area contributed by atoms with Gasteiger partial charge in [0.15, 0.2) is 0 Å². The number of alkyl halides is 1. The highest BCUT2D eigenvalue weighted by atomic mass is 18.2. The Kier molecular flexibility index (Phi) is 5.42. The van der Waals surface area contributed by atoms with Crippen LogP contribution in [-0.2, 0) is 12.8 Å². The largest absolute Gasteiger partial charge is 0.423 e. The van der Waals surface area contributed by atoms with Gasteiger partial charge in [0.2, 0.25) is 0 Å². The second kappa shape index (κ2) is 7.56. The van der Waals surface area contributed by atoms with Gasteiger partial charge in [0.25, 0.3) is 0 Å². The molecular formula is C20H27FN2O2. The van der Waals surface area contributed by atoms with E-state index >= 15 is 0 Å². The predicted molar refractivity (Wildman–Crippen MR) is 100 cm³/mol. The number of halogens is 1. The molecule has 136 valence electrons. The Morgan fingerprint density at radius 1 is 1.32 bits per heavy atom. The molecule has 3 rings (SSSR count). The molecule has 0 fully saturated rings. The van der Waals surface area contributed by atoms with Crippen LogP contribution in [-0.4, -0.2) is 44.8 Å². The van der Waals surface area contributed by atoms with E-state index in [1.807, 2.05) is 20.2 Å². The van der Waals surface area contributed by atoms with Crippen molar-refractivity contribution in [1.29, 1.82) is 0 Å². The normalized spacial score (nSPS) is 15.6. The maximum Gasteiger partial charge on any atom is 0.336 e. The Hall–Kier alpha value is -1.88.